The first-order valence-corrected chi connectivity index (χ1v) is 9.57. The van der Waals surface area contributed by atoms with Gasteiger partial charge in [-0.15, -0.1) is 0 Å². The monoisotopic (exact) mass is 390 g/mol. The van der Waals surface area contributed by atoms with Crippen molar-refractivity contribution in [1.82, 2.24) is 0 Å². The largest absolute Gasteiger partial charge is 0.503 e. The minimum atomic E-state index is -0.0938. The maximum absolute atomic E-state index is 13.0. The fourth-order valence-corrected chi connectivity index (χ4v) is 6.07. The summed E-state index contributed by atoms with van der Waals surface area (Å²) in [4.78, 5) is 13.0. The SMILES string of the molecule is COc1cc(/C=C/C(=O)C23CC4CC(CC(C4)C2)C3)cc(Br)c1O. The number of hydrogen-bond donors (Lipinski definition) is 1. The van der Waals surface area contributed by atoms with Gasteiger partial charge in [0.1, 0.15) is 0 Å². The second-order valence-electron chi connectivity index (χ2n) is 7.95. The maximum atomic E-state index is 13.0. The molecule has 0 unspecified atom stereocenters. The fourth-order valence-electron chi connectivity index (χ4n) is 5.61. The molecule has 24 heavy (non-hydrogen) atoms. The van der Waals surface area contributed by atoms with Gasteiger partial charge >= 0.3 is 0 Å². The molecule has 4 aliphatic rings. The van der Waals surface area contributed by atoms with E-state index in [1.807, 2.05) is 6.08 Å². The number of phenols is 1. The van der Waals surface area contributed by atoms with Crippen LogP contribution in [0.5, 0.6) is 11.5 Å². The molecule has 4 heteroatoms. The maximum Gasteiger partial charge on any atom is 0.172 e. The van der Waals surface area contributed by atoms with Gasteiger partial charge in [0.25, 0.3) is 0 Å². The Morgan fingerprint density at radius 1 is 1.21 bits per heavy atom. The first-order chi connectivity index (χ1) is 11.5. The van der Waals surface area contributed by atoms with E-state index in [2.05, 4.69) is 15.9 Å². The third kappa shape index (κ3) is 2.69. The zero-order valence-corrected chi connectivity index (χ0v) is 15.5. The van der Waals surface area contributed by atoms with Gasteiger partial charge in [-0.2, -0.15) is 0 Å². The Bertz CT molecular complexity index is 672. The molecular weight excluding hydrogens is 368 g/mol. The first kappa shape index (κ1) is 16.2. The van der Waals surface area contributed by atoms with Crippen molar-refractivity contribution in [1.29, 1.82) is 0 Å². The summed E-state index contributed by atoms with van der Waals surface area (Å²) in [5.41, 5.74) is 0.762. The highest BCUT2D eigenvalue weighted by Gasteiger charge is 2.53. The van der Waals surface area contributed by atoms with Crippen LogP contribution in [-0.2, 0) is 4.79 Å². The second kappa shape index (κ2) is 5.91. The Kier molecular flexibility index (Phi) is 3.98. The third-order valence-electron chi connectivity index (χ3n) is 6.26. The van der Waals surface area contributed by atoms with Gasteiger partial charge in [0, 0.05) is 5.41 Å². The number of allylic oxidation sites excluding steroid dienone is 1. The molecule has 128 valence electrons. The Balaban J connectivity index is 1.56. The van der Waals surface area contributed by atoms with Crippen molar-refractivity contribution in [2.75, 3.05) is 7.11 Å². The Hall–Kier alpha value is -1.29. The van der Waals surface area contributed by atoms with Gasteiger partial charge in [-0.1, -0.05) is 6.08 Å². The molecule has 0 aromatic heterocycles. The number of benzene rings is 1. The number of methoxy groups -OCH3 is 1. The zero-order valence-electron chi connectivity index (χ0n) is 13.9. The van der Waals surface area contributed by atoms with E-state index in [1.165, 1.54) is 26.4 Å². The molecule has 1 N–H and O–H groups in total. The van der Waals surface area contributed by atoms with Crippen molar-refractivity contribution in [3.63, 3.8) is 0 Å². The summed E-state index contributed by atoms with van der Waals surface area (Å²) in [6.07, 6.45) is 10.9. The van der Waals surface area contributed by atoms with Crippen molar-refractivity contribution in [3.05, 3.63) is 28.2 Å². The summed E-state index contributed by atoms with van der Waals surface area (Å²) >= 11 is 3.33. The molecule has 0 amide bonds. The van der Waals surface area contributed by atoms with Crippen LogP contribution >= 0.6 is 15.9 Å². The van der Waals surface area contributed by atoms with Gasteiger partial charge in [0.15, 0.2) is 17.3 Å². The molecule has 4 saturated carbocycles. The number of phenolic OH excluding ortho intramolecular Hbond substituents is 1. The van der Waals surface area contributed by atoms with Crippen molar-refractivity contribution >= 4 is 27.8 Å². The summed E-state index contributed by atoms with van der Waals surface area (Å²) in [7, 11) is 1.52. The molecule has 1 aromatic rings. The number of ketones is 1. The number of aromatic hydroxyl groups is 1. The summed E-state index contributed by atoms with van der Waals surface area (Å²) in [6, 6.07) is 3.56. The number of hydrogen-bond acceptors (Lipinski definition) is 3. The molecule has 0 aliphatic heterocycles. The van der Waals surface area contributed by atoms with E-state index in [4.69, 9.17) is 4.74 Å². The van der Waals surface area contributed by atoms with Gasteiger partial charge in [-0.05, 0) is 96.0 Å². The van der Waals surface area contributed by atoms with E-state index in [0.29, 0.717) is 16.0 Å². The molecule has 0 radical (unpaired) electrons. The van der Waals surface area contributed by atoms with Crippen LogP contribution in [0.3, 0.4) is 0 Å². The molecule has 5 rings (SSSR count). The average molecular weight is 391 g/mol. The lowest BCUT2D eigenvalue weighted by atomic mass is 9.48. The molecule has 0 saturated heterocycles. The fraction of sp³-hybridized carbons (Fsp3) is 0.550. The van der Waals surface area contributed by atoms with E-state index < -0.39 is 0 Å². The highest BCUT2D eigenvalue weighted by molar-refractivity contribution is 9.10. The van der Waals surface area contributed by atoms with Crippen molar-refractivity contribution < 1.29 is 14.6 Å². The Morgan fingerprint density at radius 2 is 1.79 bits per heavy atom. The average Bonchev–Trinajstić information content (AvgIpc) is 2.54. The Morgan fingerprint density at radius 3 is 2.33 bits per heavy atom. The predicted molar refractivity (Wildman–Crippen MR) is 97.0 cm³/mol. The topological polar surface area (TPSA) is 46.5 Å². The minimum absolute atomic E-state index is 0.0852. The Labute approximate surface area is 151 Å². The van der Waals surface area contributed by atoms with Crippen LogP contribution in [-0.4, -0.2) is 18.0 Å². The van der Waals surface area contributed by atoms with Gasteiger partial charge in [-0.25, -0.2) is 0 Å². The van der Waals surface area contributed by atoms with Crippen LogP contribution in [0.25, 0.3) is 6.08 Å². The zero-order chi connectivity index (χ0) is 16.9. The molecule has 3 nitrogen and oxygen atoms in total. The molecule has 1 aromatic carbocycles. The number of rotatable bonds is 4. The van der Waals surface area contributed by atoms with Crippen LogP contribution < -0.4 is 4.74 Å². The number of halogens is 1. The van der Waals surface area contributed by atoms with Crippen LogP contribution in [0.15, 0.2) is 22.7 Å². The second-order valence-corrected chi connectivity index (χ2v) is 8.80. The summed E-state index contributed by atoms with van der Waals surface area (Å²) < 4.78 is 5.75. The molecule has 4 bridgehead atoms. The standard InChI is InChI=1S/C20H23BrO3/c1-24-17-8-12(7-16(21)19(17)23)2-3-18(22)20-9-13-4-14(10-20)6-15(5-13)11-20/h2-3,7-8,13-15,23H,4-6,9-11H2,1H3/b3-2+. The lowest BCUT2D eigenvalue weighted by Crippen LogP contribution is -2.49. The van der Waals surface area contributed by atoms with E-state index in [0.717, 1.165) is 42.6 Å². The van der Waals surface area contributed by atoms with E-state index in [9.17, 15) is 9.90 Å². The highest BCUT2D eigenvalue weighted by Crippen LogP contribution is 2.60. The van der Waals surface area contributed by atoms with E-state index in [1.54, 1.807) is 18.2 Å². The molecule has 4 aliphatic carbocycles. The smallest absolute Gasteiger partial charge is 0.172 e. The van der Waals surface area contributed by atoms with Crippen LogP contribution in [0.2, 0.25) is 0 Å². The third-order valence-corrected chi connectivity index (χ3v) is 6.86. The summed E-state index contributed by atoms with van der Waals surface area (Å²) in [5, 5.41) is 9.89. The predicted octanol–water partition coefficient (Wildman–Crippen LogP) is 4.96. The number of ether oxygens (including phenoxy) is 1. The lowest BCUT2D eigenvalue weighted by Gasteiger charge is -2.55. The van der Waals surface area contributed by atoms with Gasteiger partial charge in [0.2, 0.25) is 0 Å². The summed E-state index contributed by atoms with van der Waals surface area (Å²) in [5.74, 6) is 3.11. The summed E-state index contributed by atoms with van der Waals surface area (Å²) in [6.45, 7) is 0. The molecule has 0 spiro atoms. The van der Waals surface area contributed by atoms with Crippen molar-refractivity contribution in [3.8, 4) is 11.5 Å². The van der Waals surface area contributed by atoms with Crippen LogP contribution in [0.4, 0.5) is 0 Å². The minimum Gasteiger partial charge on any atom is -0.503 e. The van der Waals surface area contributed by atoms with Gasteiger partial charge in [0.05, 0.1) is 11.6 Å². The van der Waals surface area contributed by atoms with Crippen LogP contribution in [0, 0.1) is 23.2 Å². The highest BCUT2D eigenvalue weighted by atomic mass is 79.9. The molecule has 0 atom stereocenters. The molecule has 0 heterocycles. The quantitative estimate of drug-likeness (QED) is 0.738. The van der Waals surface area contributed by atoms with Crippen molar-refractivity contribution in [2.45, 2.75) is 38.5 Å². The lowest BCUT2D eigenvalue weighted by molar-refractivity contribution is -0.138. The van der Waals surface area contributed by atoms with Crippen molar-refractivity contribution in [2.24, 2.45) is 23.2 Å². The first-order valence-electron chi connectivity index (χ1n) is 8.78. The number of carbonyl (C=O) groups excluding carboxylic acids is 1. The van der Waals surface area contributed by atoms with E-state index >= 15 is 0 Å². The number of carbonyl (C=O) groups is 1. The molecular formula is C20H23BrO3. The van der Waals surface area contributed by atoms with Gasteiger partial charge in [-0.3, -0.25) is 4.79 Å². The van der Waals surface area contributed by atoms with E-state index in [-0.39, 0.29) is 11.2 Å². The normalized spacial score (nSPS) is 34.0. The van der Waals surface area contributed by atoms with Gasteiger partial charge < -0.3 is 9.84 Å². The van der Waals surface area contributed by atoms with Crippen LogP contribution in [0.1, 0.15) is 44.1 Å². The molecule has 4 fully saturated rings.